The molecule has 0 bridgehead atoms. The number of amides is 2. The fourth-order valence-corrected chi connectivity index (χ4v) is 5.63. The minimum Gasteiger partial charge on any atom is -0.350 e. The van der Waals surface area contributed by atoms with Gasteiger partial charge in [0.2, 0.25) is 11.8 Å². The maximum absolute atomic E-state index is 14.0. The topological polar surface area (TPSA) is 86.8 Å². The molecule has 0 fully saturated rings. The molecule has 214 valence electrons. The minimum atomic E-state index is -4.16. The molecule has 0 spiro atoms. The molecule has 3 rings (SSSR count). The van der Waals surface area contributed by atoms with Gasteiger partial charge in [-0.3, -0.25) is 13.9 Å². The van der Waals surface area contributed by atoms with Crippen LogP contribution in [0, 0.1) is 20.8 Å². The highest BCUT2D eigenvalue weighted by atomic mass is 35.5. The summed E-state index contributed by atoms with van der Waals surface area (Å²) in [4.78, 5) is 28.6. The molecule has 0 radical (unpaired) electrons. The first-order valence-corrected chi connectivity index (χ1v) is 14.9. The molecule has 1 N–H and O–H groups in total. The van der Waals surface area contributed by atoms with Crippen LogP contribution in [0.2, 0.25) is 5.02 Å². The quantitative estimate of drug-likeness (QED) is 0.345. The average Bonchev–Trinajstić information content (AvgIpc) is 2.87. The summed E-state index contributed by atoms with van der Waals surface area (Å²) in [5.41, 5.74) is 3.31. The molecule has 7 nitrogen and oxygen atoms in total. The predicted octanol–water partition coefficient (Wildman–Crippen LogP) is 5.79. The lowest BCUT2D eigenvalue weighted by Gasteiger charge is -2.33. The molecule has 0 aliphatic heterocycles. The van der Waals surface area contributed by atoms with Crippen molar-refractivity contribution in [1.29, 1.82) is 0 Å². The zero-order valence-electron chi connectivity index (χ0n) is 24.2. The van der Waals surface area contributed by atoms with Crippen molar-refractivity contribution in [3.8, 4) is 0 Å². The van der Waals surface area contributed by atoms with E-state index in [9.17, 15) is 18.0 Å². The first-order chi connectivity index (χ1) is 18.6. The molecule has 0 aliphatic carbocycles. The molecule has 0 aromatic heterocycles. The molecule has 0 aliphatic rings. The van der Waals surface area contributed by atoms with E-state index in [2.05, 4.69) is 5.32 Å². The monoisotopic (exact) mass is 583 g/mol. The van der Waals surface area contributed by atoms with Gasteiger partial charge in [-0.25, -0.2) is 8.42 Å². The van der Waals surface area contributed by atoms with Gasteiger partial charge in [0.05, 0.1) is 10.6 Å². The summed E-state index contributed by atoms with van der Waals surface area (Å²) in [6.07, 6.45) is 0. The Kier molecular flexibility index (Phi) is 9.69. The van der Waals surface area contributed by atoms with Gasteiger partial charge in [0.1, 0.15) is 12.6 Å². The van der Waals surface area contributed by atoms with Crippen LogP contribution < -0.4 is 9.62 Å². The standard InChI is InChI=1S/C31H38ClN3O4S/c1-21-8-13-25(14-9-21)19-34(24(4)30(37)33-31(5,6)7)29(36)20-35(26-15-12-23(3)28(32)18-26)40(38,39)27-16-10-22(2)11-17-27/h8-18,24H,19-20H2,1-7H3,(H,33,37). The summed E-state index contributed by atoms with van der Waals surface area (Å²) >= 11 is 6.38. The molecular formula is C31H38ClN3O4S. The van der Waals surface area contributed by atoms with Crippen LogP contribution in [0.25, 0.3) is 0 Å². The molecule has 9 heteroatoms. The van der Waals surface area contributed by atoms with Crippen molar-refractivity contribution < 1.29 is 18.0 Å². The lowest BCUT2D eigenvalue weighted by molar-refractivity contribution is -0.140. The molecule has 0 heterocycles. The summed E-state index contributed by atoms with van der Waals surface area (Å²) in [5, 5.41) is 3.31. The fourth-order valence-electron chi connectivity index (χ4n) is 4.05. The highest BCUT2D eigenvalue weighted by Gasteiger charge is 2.33. The van der Waals surface area contributed by atoms with Crippen molar-refractivity contribution >= 4 is 39.1 Å². The van der Waals surface area contributed by atoms with Crippen LogP contribution in [-0.2, 0) is 26.2 Å². The third kappa shape index (κ3) is 7.86. The van der Waals surface area contributed by atoms with Crippen molar-refractivity contribution in [3.05, 3.63) is 94.0 Å². The van der Waals surface area contributed by atoms with E-state index in [4.69, 9.17) is 11.6 Å². The summed E-state index contributed by atoms with van der Waals surface area (Å²) in [5.74, 6) is -0.858. The lowest BCUT2D eigenvalue weighted by Crippen LogP contribution is -2.54. The first kappa shape index (κ1) is 31.2. The van der Waals surface area contributed by atoms with Crippen LogP contribution in [0.3, 0.4) is 0 Å². The van der Waals surface area contributed by atoms with Gasteiger partial charge in [-0.2, -0.15) is 0 Å². The number of hydrogen-bond acceptors (Lipinski definition) is 4. The van der Waals surface area contributed by atoms with E-state index in [1.54, 1.807) is 31.2 Å². The van der Waals surface area contributed by atoms with Crippen LogP contribution in [0.4, 0.5) is 5.69 Å². The van der Waals surface area contributed by atoms with Crippen molar-refractivity contribution in [2.75, 3.05) is 10.8 Å². The Bertz CT molecular complexity index is 1460. The maximum atomic E-state index is 14.0. The summed E-state index contributed by atoms with van der Waals surface area (Å²) in [7, 11) is -4.16. The van der Waals surface area contributed by atoms with E-state index in [0.717, 1.165) is 26.6 Å². The second-order valence-electron chi connectivity index (χ2n) is 11.2. The van der Waals surface area contributed by atoms with Crippen LogP contribution in [-0.4, -0.2) is 43.3 Å². The van der Waals surface area contributed by atoms with Gasteiger partial charge >= 0.3 is 0 Å². The smallest absolute Gasteiger partial charge is 0.264 e. The number of anilines is 1. The Morgan fingerprint density at radius 2 is 1.45 bits per heavy atom. The van der Waals surface area contributed by atoms with E-state index in [1.165, 1.54) is 23.1 Å². The number of carbonyl (C=O) groups is 2. The Balaban J connectivity index is 2.06. The minimum absolute atomic E-state index is 0.0474. The van der Waals surface area contributed by atoms with Gasteiger partial charge in [0.25, 0.3) is 10.0 Å². The van der Waals surface area contributed by atoms with E-state index in [0.29, 0.717) is 5.02 Å². The Morgan fingerprint density at radius 3 is 1.98 bits per heavy atom. The fraction of sp³-hybridized carbons (Fsp3) is 0.355. The number of hydrogen-bond donors (Lipinski definition) is 1. The zero-order chi connectivity index (χ0) is 29.8. The number of nitrogens with zero attached hydrogens (tertiary/aromatic N) is 2. The second-order valence-corrected chi connectivity index (χ2v) is 13.5. The van der Waals surface area contributed by atoms with Crippen LogP contribution >= 0.6 is 11.6 Å². The number of halogens is 1. The predicted molar refractivity (Wildman–Crippen MR) is 161 cm³/mol. The largest absolute Gasteiger partial charge is 0.350 e. The second kappa shape index (κ2) is 12.4. The Morgan fingerprint density at radius 1 is 0.900 bits per heavy atom. The van der Waals surface area contributed by atoms with Gasteiger partial charge in [0.15, 0.2) is 0 Å². The van der Waals surface area contributed by atoms with Crippen LogP contribution in [0.5, 0.6) is 0 Å². The van der Waals surface area contributed by atoms with E-state index < -0.39 is 34.1 Å². The molecule has 3 aromatic rings. The molecule has 2 amide bonds. The van der Waals surface area contributed by atoms with Gasteiger partial charge in [-0.1, -0.05) is 65.2 Å². The number of benzene rings is 3. The van der Waals surface area contributed by atoms with Crippen LogP contribution in [0.15, 0.2) is 71.6 Å². The van der Waals surface area contributed by atoms with E-state index in [-0.39, 0.29) is 23.0 Å². The number of aryl methyl sites for hydroxylation is 3. The normalized spacial score (nSPS) is 12.5. The van der Waals surface area contributed by atoms with Gasteiger partial charge in [-0.05, 0) is 83.9 Å². The number of sulfonamides is 1. The zero-order valence-corrected chi connectivity index (χ0v) is 25.7. The van der Waals surface area contributed by atoms with E-state index >= 15 is 0 Å². The summed E-state index contributed by atoms with van der Waals surface area (Å²) < 4.78 is 28.9. The highest BCUT2D eigenvalue weighted by molar-refractivity contribution is 7.92. The third-order valence-electron chi connectivity index (χ3n) is 6.47. The number of carbonyl (C=O) groups excluding carboxylic acids is 2. The van der Waals surface area contributed by atoms with Crippen molar-refractivity contribution in [2.45, 2.75) is 71.5 Å². The molecular weight excluding hydrogens is 546 g/mol. The molecule has 0 saturated heterocycles. The van der Waals surface area contributed by atoms with Crippen molar-refractivity contribution in [2.24, 2.45) is 0 Å². The molecule has 1 atom stereocenters. The molecule has 0 saturated carbocycles. The molecule has 1 unspecified atom stereocenters. The first-order valence-electron chi connectivity index (χ1n) is 13.1. The van der Waals surface area contributed by atoms with Gasteiger partial charge in [0, 0.05) is 17.1 Å². The highest BCUT2D eigenvalue weighted by Crippen LogP contribution is 2.29. The SMILES string of the molecule is Cc1ccc(CN(C(=O)CN(c2ccc(C)c(Cl)c2)S(=O)(=O)c2ccc(C)cc2)C(C)C(=O)NC(C)(C)C)cc1. The van der Waals surface area contributed by atoms with Gasteiger partial charge < -0.3 is 10.2 Å². The van der Waals surface area contributed by atoms with Gasteiger partial charge in [-0.15, -0.1) is 0 Å². The summed E-state index contributed by atoms with van der Waals surface area (Å²) in [6, 6.07) is 18.1. The van der Waals surface area contributed by atoms with Crippen molar-refractivity contribution in [1.82, 2.24) is 10.2 Å². The number of rotatable bonds is 9. The maximum Gasteiger partial charge on any atom is 0.264 e. The van der Waals surface area contributed by atoms with E-state index in [1.807, 2.05) is 65.8 Å². The lowest BCUT2D eigenvalue weighted by atomic mass is 10.1. The van der Waals surface area contributed by atoms with Crippen molar-refractivity contribution in [3.63, 3.8) is 0 Å². The molecule has 3 aromatic carbocycles. The molecule has 40 heavy (non-hydrogen) atoms. The Hall–Kier alpha value is -3.36. The number of nitrogens with one attached hydrogen (secondary N) is 1. The van der Waals surface area contributed by atoms with Crippen LogP contribution in [0.1, 0.15) is 49.9 Å². The third-order valence-corrected chi connectivity index (χ3v) is 8.67. The summed E-state index contributed by atoms with van der Waals surface area (Å²) in [6.45, 7) is 12.5. The average molecular weight is 584 g/mol. The Labute approximate surface area is 243 Å².